The highest BCUT2D eigenvalue weighted by atomic mass is 32.1. The second-order valence-corrected chi connectivity index (χ2v) is 7.77. The molecule has 3 aromatic rings. The number of aromatic nitrogens is 2. The summed E-state index contributed by atoms with van der Waals surface area (Å²) in [6.07, 6.45) is 3.47. The van der Waals surface area contributed by atoms with Crippen LogP contribution in [0.3, 0.4) is 0 Å². The number of aliphatic hydroxyl groups is 1. The summed E-state index contributed by atoms with van der Waals surface area (Å²) in [5.74, 6) is -0.182. The number of amides is 1. The third-order valence-corrected chi connectivity index (χ3v) is 5.93. The molecule has 0 atom stereocenters. The van der Waals surface area contributed by atoms with Crippen molar-refractivity contribution in [2.75, 3.05) is 13.2 Å². The minimum absolute atomic E-state index is 0.0944. The molecule has 148 valence electrons. The van der Waals surface area contributed by atoms with Crippen LogP contribution in [0.1, 0.15) is 40.6 Å². The summed E-state index contributed by atoms with van der Waals surface area (Å²) in [6, 6.07) is 9.66. The molecule has 0 fully saturated rings. The van der Waals surface area contributed by atoms with Gasteiger partial charge in [0.05, 0.1) is 23.2 Å². The van der Waals surface area contributed by atoms with E-state index in [1.165, 1.54) is 11.3 Å². The van der Waals surface area contributed by atoms with Crippen molar-refractivity contribution in [1.82, 2.24) is 14.5 Å². The fraction of sp³-hybridized carbons (Fsp3) is 0.381. The van der Waals surface area contributed by atoms with E-state index in [0.717, 1.165) is 18.4 Å². The number of carbonyl (C=O) groups is 1. The summed E-state index contributed by atoms with van der Waals surface area (Å²) in [6.45, 7) is 5.02. The van der Waals surface area contributed by atoms with Gasteiger partial charge in [0.1, 0.15) is 4.83 Å². The molecule has 2 heterocycles. The number of benzene rings is 1. The highest BCUT2D eigenvalue weighted by Crippen LogP contribution is 2.28. The van der Waals surface area contributed by atoms with Crippen LogP contribution in [0.5, 0.6) is 0 Å². The number of aliphatic hydroxyl groups excluding tert-OH is 1. The molecule has 0 aliphatic heterocycles. The molecule has 1 N–H and O–H groups in total. The monoisotopic (exact) mass is 399 g/mol. The lowest BCUT2D eigenvalue weighted by Gasteiger charge is -2.21. The van der Waals surface area contributed by atoms with Gasteiger partial charge >= 0.3 is 0 Å². The lowest BCUT2D eigenvalue weighted by molar-refractivity contribution is 0.0712. The highest BCUT2D eigenvalue weighted by molar-refractivity contribution is 7.20. The first-order chi connectivity index (χ1) is 13.6. The Morgan fingerprint density at radius 3 is 2.71 bits per heavy atom. The number of rotatable bonds is 8. The van der Waals surface area contributed by atoms with Crippen molar-refractivity contribution < 1.29 is 9.90 Å². The van der Waals surface area contributed by atoms with Crippen molar-refractivity contribution in [2.45, 2.75) is 39.8 Å². The van der Waals surface area contributed by atoms with E-state index in [-0.39, 0.29) is 24.6 Å². The molecule has 0 aliphatic carbocycles. The second kappa shape index (κ2) is 9.12. The summed E-state index contributed by atoms with van der Waals surface area (Å²) in [7, 11) is 0. The van der Waals surface area contributed by atoms with Crippen LogP contribution in [-0.2, 0) is 13.1 Å². The highest BCUT2D eigenvalue weighted by Gasteiger charge is 2.23. The lowest BCUT2D eigenvalue weighted by Crippen LogP contribution is -2.33. The molecule has 0 radical (unpaired) electrons. The Balaban J connectivity index is 1.96. The van der Waals surface area contributed by atoms with Gasteiger partial charge in [-0.3, -0.25) is 14.2 Å². The van der Waals surface area contributed by atoms with Gasteiger partial charge in [0.15, 0.2) is 0 Å². The normalized spacial score (nSPS) is 11.1. The molecule has 2 aromatic heterocycles. The summed E-state index contributed by atoms with van der Waals surface area (Å²) < 4.78 is 1.62. The molecule has 0 spiro atoms. The largest absolute Gasteiger partial charge is 0.395 e. The average molecular weight is 400 g/mol. The zero-order chi connectivity index (χ0) is 20.1. The molecule has 6 nitrogen and oxygen atoms in total. The Hall–Kier alpha value is -2.51. The fourth-order valence-corrected chi connectivity index (χ4v) is 4.28. The molecular weight excluding hydrogens is 374 g/mol. The number of aryl methyl sites for hydroxylation is 2. The van der Waals surface area contributed by atoms with Crippen LogP contribution in [0.15, 0.2) is 41.5 Å². The molecule has 28 heavy (non-hydrogen) atoms. The Kier molecular flexibility index (Phi) is 6.59. The Labute approximate surface area is 168 Å². The van der Waals surface area contributed by atoms with E-state index in [2.05, 4.69) is 11.9 Å². The standard InChI is InChI=1S/C21H25N3O3S/c1-3-4-10-24-14-22-19-17(20(24)26)15(2)18(28-19)21(27)23(11-12-25)13-16-8-6-5-7-9-16/h5-9,14,25H,3-4,10-13H2,1-2H3. The maximum Gasteiger partial charge on any atom is 0.264 e. The number of nitrogens with zero attached hydrogens (tertiary/aromatic N) is 3. The molecule has 0 saturated heterocycles. The molecule has 1 aromatic carbocycles. The van der Waals surface area contributed by atoms with Crippen LogP contribution >= 0.6 is 11.3 Å². The molecule has 3 rings (SSSR count). The first-order valence-corrected chi connectivity index (χ1v) is 10.3. The molecule has 0 aliphatic rings. The summed E-state index contributed by atoms with van der Waals surface area (Å²) >= 11 is 1.25. The topological polar surface area (TPSA) is 75.4 Å². The van der Waals surface area contributed by atoms with E-state index < -0.39 is 0 Å². The average Bonchev–Trinajstić information content (AvgIpc) is 3.04. The number of hydrogen-bond acceptors (Lipinski definition) is 5. The minimum atomic E-state index is -0.182. The van der Waals surface area contributed by atoms with Gasteiger partial charge < -0.3 is 10.0 Å². The van der Waals surface area contributed by atoms with Crippen LogP contribution < -0.4 is 5.56 Å². The summed E-state index contributed by atoms with van der Waals surface area (Å²) in [4.78, 5) is 33.1. The Bertz CT molecular complexity index is 1010. The van der Waals surface area contributed by atoms with Crippen LogP contribution in [0.2, 0.25) is 0 Å². The number of unbranched alkanes of at least 4 members (excludes halogenated alkanes) is 1. The van der Waals surface area contributed by atoms with Crippen LogP contribution in [0, 0.1) is 6.92 Å². The minimum Gasteiger partial charge on any atom is -0.395 e. The quantitative estimate of drug-likeness (QED) is 0.631. The van der Waals surface area contributed by atoms with E-state index in [4.69, 9.17) is 0 Å². The third-order valence-electron chi connectivity index (χ3n) is 4.74. The smallest absolute Gasteiger partial charge is 0.264 e. The number of carbonyl (C=O) groups excluding carboxylic acids is 1. The second-order valence-electron chi connectivity index (χ2n) is 6.77. The maximum absolute atomic E-state index is 13.2. The first kappa shape index (κ1) is 20.2. The Morgan fingerprint density at radius 2 is 2.04 bits per heavy atom. The maximum atomic E-state index is 13.2. The van der Waals surface area contributed by atoms with E-state index in [1.54, 1.807) is 22.7 Å². The van der Waals surface area contributed by atoms with E-state index in [1.807, 2.05) is 30.3 Å². The molecule has 0 bridgehead atoms. The molecule has 1 amide bonds. The summed E-state index contributed by atoms with van der Waals surface area (Å²) in [5, 5.41) is 9.95. The molecule has 7 heteroatoms. The van der Waals surface area contributed by atoms with E-state index in [0.29, 0.717) is 33.7 Å². The van der Waals surface area contributed by atoms with Crippen molar-refractivity contribution in [3.8, 4) is 0 Å². The number of hydrogen-bond donors (Lipinski definition) is 1. The van der Waals surface area contributed by atoms with Crippen LogP contribution in [0.25, 0.3) is 10.2 Å². The van der Waals surface area contributed by atoms with Crippen LogP contribution in [0.4, 0.5) is 0 Å². The van der Waals surface area contributed by atoms with Gasteiger partial charge in [0.2, 0.25) is 0 Å². The van der Waals surface area contributed by atoms with Gasteiger partial charge in [-0.15, -0.1) is 11.3 Å². The zero-order valence-electron chi connectivity index (χ0n) is 16.2. The zero-order valence-corrected chi connectivity index (χ0v) is 17.0. The van der Waals surface area contributed by atoms with Gasteiger partial charge in [0.25, 0.3) is 11.5 Å². The number of fused-ring (bicyclic) bond motifs is 1. The predicted octanol–water partition coefficient (Wildman–Crippen LogP) is 3.20. The van der Waals surface area contributed by atoms with Gasteiger partial charge in [-0.25, -0.2) is 4.98 Å². The van der Waals surface area contributed by atoms with Gasteiger partial charge in [0, 0.05) is 19.6 Å². The van der Waals surface area contributed by atoms with Crippen LogP contribution in [-0.4, -0.2) is 38.6 Å². The van der Waals surface area contributed by atoms with Crippen molar-refractivity contribution in [3.63, 3.8) is 0 Å². The third kappa shape index (κ3) is 4.15. The van der Waals surface area contributed by atoms with E-state index in [9.17, 15) is 14.7 Å². The fourth-order valence-electron chi connectivity index (χ4n) is 3.17. The number of thiophene rings is 1. The lowest BCUT2D eigenvalue weighted by atomic mass is 10.1. The van der Waals surface area contributed by atoms with Crippen molar-refractivity contribution in [3.05, 3.63) is 63.0 Å². The first-order valence-electron chi connectivity index (χ1n) is 9.49. The Morgan fingerprint density at radius 1 is 1.29 bits per heavy atom. The van der Waals surface area contributed by atoms with Crippen molar-refractivity contribution >= 4 is 27.5 Å². The van der Waals surface area contributed by atoms with Crippen molar-refractivity contribution in [1.29, 1.82) is 0 Å². The predicted molar refractivity (Wildman–Crippen MR) is 112 cm³/mol. The molecule has 0 unspecified atom stereocenters. The van der Waals surface area contributed by atoms with E-state index >= 15 is 0 Å². The summed E-state index contributed by atoms with van der Waals surface area (Å²) in [5.41, 5.74) is 1.57. The van der Waals surface area contributed by atoms with Gasteiger partial charge in [-0.1, -0.05) is 43.7 Å². The van der Waals surface area contributed by atoms with Gasteiger partial charge in [-0.2, -0.15) is 0 Å². The SMILES string of the molecule is CCCCn1cnc2sc(C(=O)N(CCO)Cc3ccccc3)c(C)c2c1=O. The van der Waals surface area contributed by atoms with Crippen molar-refractivity contribution in [2.24, 2.45) is 0 Å². The molecule has 0 saturated carbocycles. The molecular formula is C21H25N3O3S. The van der Waals surface area contributed by atoms with Gasteiger partial charge in [-0.05, 0) is 24.5 Å².